The number of halogens is 1. The summed E-state index contributed by atoms with van der Waals surface area (Å²) in [4.78, 5) is 6.34. The second-order valence-corrected chi connectivity index (χ2v) is 4.91. The highest BCUT2D eigenvalue weighted by Crippen LogP contribution is 2.07. The predicted octanol–water partition coefficient (Wildman–Crippen LogP) is 2.85. The summed E-state index contributed by atoms with van der Waals surface area (Å²) < 4.78 is 5.67. The van der Waals surface area contributed by atoms with Gasteiger partial charge >= 0.3 is 0 Å². The van der Waals surface area contributed by atoms with Gasteiger partial charge in [0, 0.05) is 20.6 Å². The van der Waals surface area contributed by atoms with Crippen LogP contribution in [-0.2, 0) is 0 Å². The lowest BCUT2D eigenvalue weighted by molar-refractivity contribution is 0.281. The SMILES string of the molecule is CN=C(NCC(C)C)N(C)CCOc1ccccc1.I. The van der Waals surface area contributed by atoms with Crippen LogP contribution in [0.5, 0.6) is 5.75 Å². The van der Waals surface area contributed by atoms with Gasteiger partial charge in [-0.1, -0.05) is 32.0 Å². The monoisotopic (exact) mass is 391 g/mol. The van der Waals surface area contributed by atoms with Gasteiger partial charge in [-0.05, 0) is 18.1 Å². The van der Waals surface area contributed by atoms with E-state index >= 15 is 0 Å². The Kier molecular flexibility index (Phi) is 10.2. The third kappa shape index (κ3) is 7.57. The number of rotatable bonds is 6. The number of para-hydroxylation sites is 1. The van der Waals surface area contributed by atoms with Gasteiger partial charge in [0.1, 0.15) is 12.4 Å². The second kappa shape index (κ2) is 10.8. The standard InChI is InChI=1S/C15H25N3O.HI/c1-13(2)12-17-15(16-3)18(4)10-11-19-14-8-6-5-7-9-14;/h5-9,13H,10-12H2,1-4H3,(H,16,17);1H. The smallest absolute Gasteiger partial charge is 0.193 e. The molecule has 0 radical (unpaired) electrons. The van der Waals surface area contributed by atoms with E-state index in [4.69, 9.17) is 4.74 Å². The average molecular weight is 391 g/mol. The maximum atomic E-state index is 5.67. The van der Waals surface area contributed by atoms with E-state index < -0.39 is 0 Å². The van der Waals surface area contributed by atoms with Crippen molar-refractivity contribution in [1.29, 1.82) is 0 Å². The van der Waals surface area contributed by atoms with E-state index in [2.05, 4.69) is 29.1 Å². The highest BCUT2D eigenvalue weighted by atomic mass is 127. The summed E-state index contributed by atoms with van der Waals surface area (Å²) in [5.74, 6) is 2.41. The van der Waals surface area contributed by atoms with Crippen LogP contribution in [0.25, 0.3) is 0 Å². The van der Waals surface area contributed by atoms with Crippen LogP contribution in [0, 0.1) is 5.92 Å². The van der Waals surface area contributed by atoms with Crippen LogP contribution >= 0.6 is 24.0 Å². The average Bonchev–Trinajstić information content (AvgIpc) is 2.40. The summed E-state index contributed by atoms with van der Waals surface area (Å²) in [5, 5.41) is 3.34. The van der Waals surface area contributed by atoms with Crippen LogP contribution in [0.2, 0.25) is 0 Å². The minimum absolute atomic E-state index is 0. The first-order valence-corrected chi connectivity index (χ1v) is 6.73. The molecular formula is C15H26IN3O. The van der Waals surface area contributed by atoms with Crippen molar-refractivity contribution in [2.45, 2.75) is 13.8 Å². The molecular weight excluding hydrogens is 365 g/mol. The van der Waals surface area contributed by atoms with Crippen LogP contribution in [0.15, 0.2) is 35.3 Å². The van der Waals surface area contributed by atoms with E-state index in [0.717, 1.165) is 24.8 Å². The molecule has 1 aromatic rings. The number of ether oxygens (including phenoxy) is 1. The van der Waals surface area contributed by atoms with Gasteiger partial charge in [-0.25, -0.2) is 0 Å². The summed E-state index contributed by atoms with van der Waals surface area (Å²) in [5.41, 5.74) is 0. The fourth-order valence-corrected chi connectivity index (χ4v) is 1.60. The van der Waals surface area contributed by atoms with E-state index in [1.807, 2.05) is 37.4 Å². The molecule has 5 heteroatoms. The third-order valence-corrected chi connectivity index (χ3v) is 2.68. The summed E-state index contributed by atoms with van der Waals surface area (Å²) >= 11 is 0. The first-order valence-electron chi connectivity index (χ1n) is 6.73. The zero-order valence-corrected chi connectivity index (χ0v) is 15.1. The number of guanidine groups is 1. The van der Waals surface area contributed by atoms with Gasteiger partial charge in [-0.3, -0.25) is 4.99 Å². The molecule has 4 nitrogen and oxygen atoms in total. The molecule has 0 atom stereocenters. The number of nitrogens with zero attached hydrogens (tertiary/aromatic N) is 2. The molecule has 0 unspecified atom stereocenters. The molecule has 1 aromatic carbocycles. The van der Waals surface area contributed by atoms with Crippen molar-refractivity contribution < 1.29 is 4.74 Å². The van der Waals surface area contributed by atoms with Gasteiger partial charge in [0.15, 0.2) is 5.96 Å². The van der Waals surface area contributed by atoms with Crippen LogP contribution < -0.4 is 10.1 Å². The molecule has 0 aliphatic rings. The Labute approximate surface area is 139 Å². The van der Waals surface area contributed by atoms with E-state index in [9.17, 15) is 0 Å². The molecule has 1 rings (SSSR count). The topological polar surface area (TPSA) is 36.9 Å². The lowest BCUT2D eigenvalue weighted by Gasteiger charge is -2.22. The summed E-state index contributed by atoms with van der Waals surface area (Å²) in [6.07, 6.45) is 0. The number of hydrogen-bond acceptors (Lipinski definition) is 2. The van der Waals surface area contributed by atoms with E-state index in [-0.39, 0.29) is 24.0 Å². The van der Waals surface area contributed by atoms with Gasteiger partial charge in [-0.2, -0.15) is 0 Å². The second-order valence-electron chi connectivity index (χ2n) is 4.91. The number of likely N-dealkylation sites (N-methyl/N-ethyl adjacent to an activating group) is 1. The normalized spacial score (nSPS) is 10.9. The molecule has 1 N–H and O–H groups in total. The van der Waals surface area contributed by atoms with Gasteiger partial charge < -0.3 is 15.0 Å². The van der Waals surface area contributed by atoms with Crippen molar-refractivity contribution in [2.24, 2.45) is 10.9 Å². The maximum absolute atomic E-state index is 5.67. The van der Waals surface area contributed by atoms with Crippen molar-refractivity contribution in [3.63, 3.8) is 0 Å². The van der Waals surface area contributed by atoms with Crippen molar-refractivity contribution in [3.8, 4) is 5.75 Å². The zero-order chi connectivity index (χ0) is 14.1. The van der Waals surface area contributed by atoms with Crippen molar-refractivity contribution >= 4 is 29.9 Å². The molecule has 0 saturated heterocycles. The number of benzene rings is 1. The largest absolute Gasteiger partial charge is 0.492 e. The first kappa shape index (κ1) is 19.0. The minimum atomic E-state index is 0. The lowest BCUT2D eigenvalue weighted by Crippen LogP contribution is -2.42. The number of nitrogens with one attached hydrogen (secondary N) is 1. The molecule has 0 aromatic heterocycles. The number of aliphatic imine (C=N–C) groups is 1. The Bertz CT molecular complexity index is 382. The van der Waals surface area contributed by atoms with Crippen LogP contribution in [-0.4, -0.2) is 44.7 Å². The molecule has 0 aliphatic carbocycles. The van der Waals surface area contributed by atoms with E-state index in [0.29, 0.717) is 12.5 Å². The quantitative estimate of drug-likeness (QED) is 0.460. The van der Waals surface area contributed by atoms with Crippen LogP contribution in [0.4, 0.5) is 0 Å². The third-order valence-electron chi connectivity index (χ3n) is 2.68. The van der Waals surface area contributed by atoms with Gasteiger partial charge in [-0.15, -0.1) is 24.0 Å². The van der Waals surface area contributed by atoms with E-state index in [1.54, 1.807) is 7.05 Å². The van der Waals surface area contributed by atoms with Crippen molar-refractivity contribution in [1.82, 2.24) is 10.2 Å². The number of hydrogen-bond donors (Lipinski definition) is 1. The fourth-order valence-electron chi connectivity index (χ4n) is 1.60. The highest BCUT2D eigenvalue weighted by Gasteiger charge is 2.06. The molecule has 0 saturated carbocycles. The predicted molar refractivity (Wildman–Crippen MR) is 96.2 cm³/mol. The van der Waals surface area contributed by atoms with Crippen LogP contribution in [0.1, 0.15) is 13.8 Å². The molecule has 114 valence electrons. The Morgan fingerprint density at radius 3 is 2.50 bits per heavy atom. The van der Waals surface area contributed by atoms with Gasteiger partial charge in [0.25, 0.3) is 0 Å². The summed E-state index contributed by atoms with van der Waals surface area (Å²) in [7, 11) is 3.82. The van der Waals surface area contributed by atoms with Gasteiger partial charge in [0.05, 0.1) is 6.54 Å². The molecule has 20 heavy (non-hydrogen) atoms. The van der Waals surface area contributed by atoms with Crippen molar-refractivity contribution in [3.05, 3.63) is 30.3 Å². The van der Waals surface area contributed by atoms with Crippen molar-refractivity contribution in [2.75, 3.05) is 33.8 Å². The zero-order valence-electron chi connectivity index (χ0n) is 12.8. The Morgan fingerprint density at radius 2 is 1.95 bits per heavy atom. The minimum Gasteiger partial charge on any atom is -0.492 e. The Balaban J connectivity index is 0.00000361. The molecule has 0 amide bonds. The molecule has 0 aliphatic heterocycles. The first-order chi connectivity index (χ1) is 9.13. The lowest BCUT2D eigenvalue weighted by atomic mass is 10.2. The highest BCUT2D eigenvalue weighted by molar-refractivity contribution is 14.0. The molecule has 0 fully saturated rings. The fraction of sp³-hybridized carbons (Fsp3) is 0.533. The molecule has 0 heterocycles. The Morgan fingerprint density at radius 1 is 1.30 bits per heavy atom. The van der Waals surface area contributed by atoms with Gasteiger partial charge in [0.2, 0.25) is 0 Å². The Hall–Kier alpha value is -0.980. The molecule has 0 bridgehead atoms. The van der Waals surface area contributed by atoms with E-state index in [1.165, 1.54) is 0 Å². The molecule has 0 spiro atoms. The summed E-state index contributed by atoms with van der Waals surface area (Å²) in [6.45, 7) is 6.73. The maximum Gasteiger partial charge on any atom is 0.193 e. The summed E-state index contributed by atoms with van der Waals surface area (Å²) in [6, 6.07) is 9.86. The van der Waals surface area contributed by atoms with Crippen LogP contribution in [0.3, 0.4) is 0 Å².